The van der Waals surface area contributed by atoms with Crippen molar-refractivity contribution in [3.8, 4) is 11.4 Å². The molecule has 0 spiro atoms. The molecule has 1 unspecified atom stereocenters. The third kappa shape index (κ3) is 5.17. The van der Waals surface area contributed by atoms with Crippen molar-refractivity contribution in [2.75, 3.05) is 0 Å². The minimum Gasteiger partial charge on any atom is -0.466 e. The van der Waals surface area contributed by atoms with E-state index in [0.717, 1.165) is 4.47 Å². The molecule has 2 heterocycles. The Labute approximate surface area is 196 Å². The molecule has 0 amide bonds. The van der Waals surface area contributed by atoms with E-state index in [1.54, 1.807) is 23.9 Å². The van der Waals surface area contributed by atoms with E-state index in [-0.39, 0.29) is 5.75 Å². The first-order valence-corrected chi connectivity index (χ1v) is 10.8. The molecule has 1 aromatic heterocycles. The van der Waals surface area contributed by atoms with Crippen molar-refractivity contribution in [3.63, 3.8) is 0 Å². The summed E-state index contributed by atoms with van der Waals surface area (Å²) >= 11 is 3.50. The number of rotatable bonds is 5. The number of alkyl halides is 3. The Morgan fingerprint density at radius 3 is 2.45 bits per heavy atom. The van der Waals surface area contributed by atoms with Crippen LogP contribution in [0.15, 0.2) is 59.2 Å². The first-order chi connectivity index (χ1) is 15.4. The fourth-order valence-electron chi connectivity index (χ4n) is 3.49. The van der Waals surface area contributed by atoms with E-state index in [1.807, 2.05) is 32.0 Å². The smallest absolute Gasteiger partial charge is 0.466 e. The summed E-state index contributed by atoms with van der Waals surface area (Å²) in [7, 11) is 0. The summed E-state index contributed by atoms with van der Waals surface area (Å²) < 4.78 is 50.2. The average molecular weight is 524 g/mol. The lowest BCUT2D eigenvalue weighted by Gasteiger charge is -2.21. The highest BCUT2D eigenvalue weighted by molar-refractivity contribution is 9.10. The molecule has 0 radical (unpaired) electrons. The van der Waals surface area contributed by atoms with E-state index in [0.29, 0.717) is 34.0 Å². The van der Waals surface area contributed by atoms with Gasteiger partial charge in [0.2, 0.25) is 0 Å². The summed E-state index contributed by atoms with van der Waals surface area (Å²) in [5.41, 5.74) is 2.40. The Kier molecular flexibility index (Phi) is 5.92. The molecule has 0 saturated heterocycles. The second-order valence-electron chi connectivity index (χ2n) is 8.04. The number of aliphatic hydroxyl groups excluding tert-OH is 1. The molecule has 10 heteroatoms. The van der Waals surface area contributed by atoms with Crippen LogP contribution in [0.5, 0.6) is 5.75 Å². The Hall–Kier alpha value is -2.98. The fraction of sp³-hybridized carbons (Fsp3) is 0.261. The van der Waals surface area contributed by atoms with E-state index in [9.17, 15) is 18.3 Å². The van der Waals surface area contributed by atoms with Gasteiger partial charge in [-0.25, -0.2) is 4.68 Å². The summed E-state index contributed by atoms with van der Waals surface area (Å²) in [6.45, 7) is 5.32. The maximum absolute atomic E-state index is 12.5. The van der Waals surface area contributed by atoms with Crippen molar-refractivity contribution in [2.45, 2.75) is 39.0 Å². The van der Waals surface area contributed by atoms with Gasteiger partial charge in [0.1, 0.15) is 5.75 Å². The lowest BCUT2D eigenvalue weighted by molar-refractivity contribution is -0.274. The summed E-state index contributed by atoms with van der Waals surface area (Å²) in [6, 6.07) is 12.9. The molecule has 1 aliphatic heterocycles. The second kappa shape index (κ2) is 8.42. The maximum Gasteiger partial charge on any atom is 0.573 e. The van der Waals surface area contributed by atoms with Crippen LogP contribution in [0.25, 0.3) is 17.1 Å². The van der Waals surface area contributed by atoms with Crippen LogP contribution in [0.2, 0.25) is 0 Å². The molecule has 174 valence electrons. The van der Waals surface area contributed by atoms with Crippen molar-refractivity contribution in [1.82, 2.24) is 15.1 Å². The monoisotopic (exact) mass is 523 g/mol. The Bertz CT molecular complexity index is 1200. The van der Waals surface area contributed by atoms with Crippen molar-refractivity contribution >= 4 is 27.4 Å². The number of halogens is 4. The molecule has 0 fully saturated rings. The van der Waals surface area contributed by atoms with Crippen molar-refractivity contribution in [2.24, 2.45) is 0 Å². The van der Waals surface area contributed by atoms with Crippen LogP contribution in [0.4, 0.5) is 13.2 Å². The number of hydrogen-bond donors (Lipinski definition) is 2. The molecule has 1 atom stereocenters. The zero-order valence-corrected chi connectivity index (χ0v) is 19.5. The van der Waals surface area contributed by atoms with Crippen LogP contribution in [0.3, 0.4) is 0 Å². The molecular formula is C23H21BrF3N3O3. The zero-order valence-electron chi connectivity index (χ0n) is 17.9. The van der Waals surface area contributed by atoms with E-state index >= 15 is 0 Å². The van der Waals surface area contributed by atoms with Crippen LogP contribution < -0.4 is 10.1 Å². The average Bonchev–Trinajstić information content (AvgIpc) is 3.32. The van der Waals surface area contributed by atoms with Gasteiger partial charge in [0.05, 0.1) is 23.2 Å². The van der Waals surface area contributed by atoms with Gasteiger partial charge in [-0.15, -0.1) is 13.2 Å². The molecule has 6 nitrogen and oxygen atoms in total. The highest BCUT2D eigenvalue weighted by Crippen LogP contribution is 2.40. The van der Waals surface area contributed by atoms with Gasteiger partial charge in [0, 0.05) is 21.8 Å². The third-order valence-electron chi connectivity index (χ3n) is 4.87. The number of hydrogen-bond acceptors (Lipinski definition) is 5. The second-order valence-corrected chi connectivity index (χ2v) is 8.95. The minimum atomic E-state index is -4.76. The van der Waals surface area contributed by atoms with Crippen LogP contribution in [0, 0.1) is 0 Å². The summed E-state index contributed by atoms with van der Waals surface area (Å²) in [6.07, 6.45) is -3.74. The summed E-state index contributed by atoms with van der Waals surface area (Å²) in [5.74, 6) is 0.201. The van der Waals surface area contributed by atoms with E-state index < -0.39 is 18.2 Å². The maximum atomic E-state index is 12.5. The lowest BCUT2D eigenvalue weighted by Crippen LogP contribution is -2.34. The van der Waals surface area contributed by atoms with Gasteiger partial charge in [0.25, 0.3) is 0 Å². The number of aromatic nitrogens is 2. The molecule has 0 aliphatic carbocycles. The normalized spacial score (nSPS) is 16.4. The van der Waals surface area contributed by atoms with Gasteiger partial charge < -0.3 is 19.9 Å². The standard InChI is InChI=1S/C23H21BrF3N3O3/c1-13(31)18-10-11-30(29-18)19-9-6-15(24)12-17(19)21-20(28-22(2,3)33-21)14-4-7-16(8-5-14)32-23(25,26)27/h4-13,28,31H,1-3H3. The predicted molar refractivity (Wildman–Crippen MR) is 120 cm³/mol. The van der Waals surface area contributed by atoms with E-state index in [1.165, 1.54) is 24.3 Å². The van der Waals surface area contributed by atoms with Crippen LogP contribution in [0.1, 0.15) is 43.7 Å². The highest BCUT2D eigenvalue weighted by Gasteiger charge is 2.35. The number of aliphatic hydroxyl groups is 1. The first kappa shape index (κ1) is 23.2. The van der Waals surface area contributed by atoms with Crippen LogP contribution >= 0.6 is 15.9 Å². The molecular weight excluding hydrogens is 503 g/mol. The molecule has 4 rings (SSSR count). The summed E-state index contributed by atoms with van der Waals surface area (Å²) in [4.78, 5) is 0. The fourth-order valence-corrected chi connectivity index (χ4v) is 3.85. The molecule has 0 saturated carbocycles. The van der Waals surface area contributed by atoms with Crippen LogP contribution in [-0.4, -0.2) is 27.0 Å². The number of nitrogens with zero attached hydrogens (tertiary/aromatic N) is 2. The third-order valence-corrected chi connectivity index (χ3v) is 5.37. The van der Waals surface area contributed by atoms with Gasteiger partial charge in [-0.05, 0) is 69.3 Å². The predicted octanol–water partition coefficient (Wildman–Crippen LogP) is 5.77. The van der Waals surface area contributed by atoms with Gasteiger partial charge in [-0.3, -0.25) is 0 Å². The van der Waals surface area contributed by atoms with Crippen molar-refractivity contribution in [1.29, 1.82) is 0 Å². The minimum absolute atomic E-state index is 0.308. The molecule has 33 heavy (non-hydrogen) atoms. The van der Waals surface area contributed by atoms with Gasteiger partial charge in [-0.1, -0.05) is 15.9 Å². The number of ether oxygens (including phenoxy) is 2. The molecule has 0 bridgehead atoms. The Morgan fingerprint density at radius 2 is 1.85 bits per heavy atom. The van der Waals surface area contributed by atoms with Crippen molar-refractivity contribution < 1.29 is 27.8 Å². The zero-order chi connectivity index (χ0) is 24.0. The molecule has 2 aromatic carbocycles. The van der Waals surface area contributed by atoms with Gasteiger partial charge in [0.15, 0.2) is 11.5 Å². The Morgan fingerprint density at radius 1 is 1.15 bits per heavy atom. The van der Waals surface area contributed by atoms with E-state index in [2.05, 4.69) is 31.1 Å². The largest absolute Gasteiger partial charge is 0.573 e. The van der Waals surface area contributed by atoms with Crippen molar-refractivity contribution in [3.05, 3.63) is 76.0 Å². The number of benzene rings is 2. The molecule has 1 aliphatic rings. The topological polar surface area (TPSA) is 68.5 Å². The SMILES string of the molecule is CC(O)c1ccn(-c2ccc(Br)cc2C2=C(c3ccc(OC(F)(F)F)cc3)NC(C)(C)O2)n1. The van der Waals surface area contributed by atoms with Gasteiger partial charge >= 0.3 is 6.36 Å². The summed E-state index contributed by atoms with van der Waals surface area (Å²) in [5, 5.41) is 17.6. The van der Waals surface area contributed by atoms with E-state index in [4.69, 9.17) is 4.74 Å². The quantitative estimate of drug-likeness (QED) is 0.444. The molecule has 2 N–H and O–H groups in total. The molecule has 3 aromatic rings. The number of nitrogens with one attached hydrogen (secondary N) is 1. The Balaban J connectivity index is 1.81. The van der Waals surface area contributed by atoms with Crippen LogP contribution in [-0.2, 0) is 4.74 Å². The first-order valence-electron chi connectivity index (χ1n) is 10.0. The highest BCUT2D eigenvalue weighted by atomic mass is 79.9. The lowest BCUT2D eigenvalue weighted by atomic mass is 10.1. The van der Waals surface area contributed by atoms with Gasteiger partial charge in [-0.2, -0.15) is 5.10 Å².